The first-order valence-corrected chi connectivity index (χ1v) is 11.4. The molecule has 4 aromatic heterocycles. The van der Waals surface area contributed by atoms with Crippen molar-refractivity contribution < 1.29 is 9.26 Å². The van der Waals surface area contributed by atoms with Gasteiger partial charge in [0.25, 0.3) is 0 Å². The number of aromatic nitrogens is 7. The molecule has 0 spiro atoms. The normalized spacial score (nSPS) is 21.2. The van der Waals surface area contributed by atoms with Crippen LogP contribution < -0.4 is 4.90 Å². The fourth-order valence-corrected chi connectivity index (χ4v) is 4.25. The van der Waals surface area contributed by atoms with E-state index in [2.05, 4.69) is 33.0 Å². The van der Waals surface area contributed by atoms with Crippen molar-refractivity contribution in [3.63, 3.8) is 0 Å². The van der Waals surface area contributed by atoms with Gasteiger partial charge in [-0.15, -0.1) is 0 Å². The predicted octanol–water partition coefficient (Wildman–Crippen LogP) is 3.50. The second-order valence-corrected chi connectivity index (χ2v) is 9.10. The Hall–Kier alpha value is -3.40. The molecule has 2 unspecified atom stereocenters. The molecule has 6 rings (SSSR count). The first-order chi connectivity index (χ1) is 15.9. The summed E-state index contributed by atoms with van der Waals surface area (Å²) in [6.07, 6.45) is 6.32. The number of anilines is 1. The Kier molecular flexibility index (Phi) is 4.65. The van der Waals surface area contributed by atoms with Gasteiger partial charge in [-0.2, -0.15) is 10.1 Å². The maximum atomic E-state index is 6.27. The molecular formula is C23H26N8O2. The van der Waals surface area contributed by atoms with Crippen LogP contribution in [0.2, 0.25) is 0 Å². The van der Waals surface area contributed by atoms with Gasteiger partial charge in [0.05, 0.1) is 42.0 Å². The number of morpholine rings is 1. The minimum Gasteiger partial charge on any atom is -0.367 e. The van der Waals surface area contributed by atoms with Crippen molar-refractivity contribution in [2.75, 3.05) is 18.0 Å². The molecule has 2 aliphatic rings. The third-order valence-corrected chi connectivity index (χ3v) is 6.25. The van der Waals surface area contributed by atoms with Crippen molar-refractivity contribution in [3.8, 4) is 11.5 Å². The average molecular weight is 447 g/mol. The standard InChI is InChI=1S/C23H26N8O2/c1-12-7-18(33-29-12)20-21-22(26-15(4)14(3)25-21)28-23(27-20)30-9-13(2)32-19(11-30)16-8-24-31(10-16)17-5-6-17/h7-8,10,13,17,19H,5-6,9,11H2,1-4H3. The van der Waals surface area contributed by atoms with E-state index in [4.69, 9.17) is 29.2 Å². The van der Waals surface area contributed by atoms with Gasteiger partial charge in [0.2, 0.25) is 5.95 Å². The third-order valence-electron chi connectivity index (χ3n) is 6.25. The monoisotopic (exact) mass is 446 g/mol. The molecule has 0 N–H and O–H groups in total. The van der Waals surface area contributed by atoms with Crippen LogP contribution in [-0.2, 0) is 4.74 Å². The number of hydrogen-bond acceptors (Lipinski definition) is 9. The van der Waals surface area contributed by atoms with E-state index < -0.39 is 0 Å². The summed E-state index contributed by atoms with van der Waals surface area (Å²) in [6, 6.07) is 2.40. The van der Waals surface area contributed by atoms with Gasteiger partial charge in [-0.25, -0.2) is 15.0 Å². The lowest BCUT2D eigenvalue weighted by Gasteiger charge is -2.36. The summed E-state index contributed by atoms with van der Waals surface area (Å²) in [5, 5.41) is 8.58. The van der Waals surface area contributed by atoms with Gasteiger partial charge in [-0.1, -0.05) is 5.16 Å². The van der Waals surface area contributed by atoms with Crippen LogP contribution in [0.15, 0.2) is 23.0 Å². The van der Waals surface area contributed by atoms with E-state index in [0.29, 0.717) is 47.7 Å². The minimum atomic E-state index is -0.109. The van der Waals surface area contributed by atoms with Gasteiger partial charge in [-0.3, -0.25) is 4.68 Å². The molecular weight excluding hydrogens is 420 g/mol. The number of fused-ring (bicyclic) bond motifs is 1. The highest BCUT2D eigenvalue weighted by molar-refractivity contribution is 5.86. The van der Waals surface area contributed by atoms with Crippen LogP contribution in [-0.4, -0.2) is 54.1 Å². The van der Waals surface area contributed by atoms with Crippen molar-refractivity contribution in [1.29, 1.82) is 0 Å². The number of aryl methyl sites for hydroxylation is 3. The lowest BCUT2D eigenvalue weighted by Crippen LogP contribution is -2.43. The maximum absolute atomic E-state index is 6.27. The van der Waals surface area contributed by atoms with Crippen molar-refractivity contribution in [3.05, 3.63) is 41.1 Å². The molecule has 4 aromatic rings. The molecule has 10 nitrogen and oxygen atoms in total. The van der Waals surface area contributed by atoms with E-state index in [9.17, 15) is 0 Å². The summed E-state index contributed by atoms with van der Waals surface area (Å²) < 4.78 is 13.9. The molecule has 0 bridgehead atoms. The largest absolute Gasteiger partial charge is 0.367 e. The number of nitrogens with zero attached hydrogens (tertiary/aromatic N) is 8. The van der Waals surface area contributed by atoms with Crippen LogP contribution in [0.1, 0.15) is 54.6 Å². The lowest BCUT2D eigenvalue weighted by atomic mass is 10.1. The molecule has 170 valence electrons. The van der Waals surface area contributed by atoms with Crippen molar-refractivity contribution in [2.45, 2.75) is 58.8 Å². The van der Waals surface area contributed by atoms with Crippen LogP contribution in [0.4, 0.5) is 5.95 Å². The zero-order chi connectivity index (χ0) is 22.7. The van der Waals surface area contributed by atoms with Gasteiger partial charge in [0, 0.05) is 24.4 Å². The molecule has 5 heterocycles. The summed E-state index contributed by atoms with van der Waals surface area (Å²) in [7, 11) is 0. The first-order valence-electron chi connectivity index (χ1n) is 11.4. The summed E-state index contributed by atoms with van der Waals surface area (Å²) in [6.45, 7) is 9.12. The van der Waals surface area contributed by atoms with Crippen LogP contribution >= 0.6 is 0 Å². The SMILES string of the molecule is Cc1cc(-c2nc(N3CC(C)OC(c4cnn(C5CC5)c4)C3)nc3nc(C)c(C)nc23)on1. The second kappa shape index (κ2) is 7.58. The molecule has 2 fully saturated rings. The highest BCUT2D eigenvalue weighted by Gasteiger charge is 2.32. The number of hydrogen-bond donors (Lipinski definition) is 0. The molecule has 1 saturated heterocycles. The Labute approximate surface area is 191 Å². The number of ether oxygens (including phenoxy) is 1. The highest BCUT2D eigenvalue weighted by Crippen LogP contribution is 2.36. The van der Waals surface area contributed by atoms with Gasteiger partial charge >= 0.3 is 0 Å². The fraction of sp³-hybridized carbons (Fsp3) is 0.478. The van der Waals surface area contributed by atoms with Crippen LogP contribution in [0, 0.1) is 20.8 Å². The average Bonchev–Trinajstić information content (AvgIpc) is 3.35. The predicted molar refractivity (Wildman–Crippen MR) is 121 cm³/mol. The van der Waals surface area contributed by atoms with Crippen molar-refractivity contribution in [2.24, 2.45) is 0 Å². The molecule has 1 aliphatic heterocycles. The highest BCUT2D eigenvalue weighted by atomic mass is 16.5. The topological polar surface area (TPSA) is 108 Å². The molecule has 10 heteroatoms. The molecule has 0 aromatic carbocycles. The van der Waals surface area contributed by atoms with E-state index in [1.165, 1.54) is 12.8 Å². The zero-order valence-corrected chi connectivity index (χ0v) is 19.2. The summed E-state index contributed by atoms with van der Waals surface area (Å²) in [5.41, 5.74) is 5.30. The molecule has 0 radical (unpaired) electrons. The number of rotatable bonds is 4. The zero-order valence-electron chi connectivity index (χ0n) is 19.2. The Morgan fingerprint density at radius 2 is 1.82 bits per heavy atom. The Morgan fingerprint density at radius 1 is 1.00 bits per heavy atom. The van der Waals surface area contributed by atoms with E-state index in [0.717, 1.165) is 22.6 Å². The lowest BCUT2D eigenvalue weighted by molar-refractivity contribution is -0.0178. The quantitative estimate of drug-likeness (QED) is 0.465. The first kappa shape index (κ1) is 20.2. The van der Waals surface area contributed by atoms with Gasteiger partial charge in [0.15, 0.2) is 11.4 Å². The van der Waals surface area contributed by atoms with E-state index in [-0.39, 0.29) is 12.2 Å². The van der Waals surface area contributed by atoms with E-state index in [1.54, 1.807) is 0 Å². The minimum absolute atomic E-state index is 0.00846. The Morgan fingerprint density at radius 3 is 2.58 bits per heavy atom. The van der Waals surface area contributed by atoms with Crippen molar-refractivity contribution in [1.82, 2.24) is 34.9 Å². The molecule has 1 aliphatic carbocycles. The summed E-state index contributed by atoms with van der Waals surface area (Å²) in [4.78, 5) is 21.3. The fourth-order valence-electron chi connectivity index (χ4n) is 4.25. The summed E-state index contributed by atoms with van der Waals surface area (Å²) >= 11 is 0. The Bertz CT molecular complexity index is 1340. The van der Waals surface area contributed by atoms with Crippen LogP contribution in [0.5, 0.6) is 0 Å². The smallest absolute Gasteiger partial charge is 0.228 e. The summed E-state index contributed by atoms with van der Waals surface area (Å²) in [5.74, 6) is 1.14. The van der Waals surface area contributed by atoms with Crippen LogP contribution in [0.25, 0.3) is 22.6 Å². The van der Waals surface area contributed by atoms with E-state index in [1.807, 2.05) is 33.0 Å². The maximum Gasteiger partial charge on any atom is 0.228 e. The third kappa shape index (κ3) is 3.74. The Balaban J connectivity index is 1.41. The van der Waals surface area contributed by atoms with Crippen molar-refractivity contribution >= 4 is 17.1 Å². The molecule has 33 heavy (non-hydrogen) atoms. The van der Waals surface area contributed by atoms with Gasteiger partial charge in [0.1, 0.15) is 17.3 Å². The van der Waals surface area contributed by atoms with E-state index >= 15 is 0 Å². The van der Waals surface area contributed by atoms with Crippen LogP contribution in [0.3, 0.4) is 0 Å². The second-order valence-electron chi connectivity index (χ2n) is 9.10. The van der Waals surface area contributed by atoms with Gasteiger partial charge in [-0.05, 0) is 40.5 Å². The molecule has 0 amide bonds. The molecule has 1 saturated carbocycles. The van der Waals surface area contributed by atoms with Gasteiger partial charge < -0.3 is 14.2 Å². The molecule has 2 atom stereocenters.